The van der Waals surface area contributed by atoms with Crippen LogP contribution in [-0.4, -0.2) is 10.9 Å². The summed E-state index contributed by atoms with van der Waals surface area (Å²) in [4.78, 5) is 0.656. The first-order valence-corrected chi connectivity index (χ1v) is 6.43. The minimum atomic E-state index is 0.402. The van der Waals surface area contributed by atoms with Gasteiger partial charge >= 0.3 is 0 Å². The van der Waals surface area contributed by atoms with Crippen LogP contribution in [0.3, 0.4) is 0 Å². The van der Waals surface area contributed by atoms with Gasteiger partial charge in [-0.05, 0) is 43.5 Å². The van der Waals surface area contributed by atoms with Gasteiger partial charge in [0.2, 0.25) is 0 Å². The van der Waals surface area contributed by atoms with E-state index in [1.54, 1.807) is 0 Å². The molecular weight excluding hydrogens is 308 g/mol. The van der Waals surface area contributed by atoms with Crippen LogP contribution in [0.2, 0.25) is 0 Å². The number of benzene rings is 1. The van der Waals surface area contributed by atoms with Crippen LogP contribution in [0.25, 0.3) is 0 Å². The van der Waals surface area contributed by atoms with Gasteiger partial charge in [-0.25, -0.2) is 0 Å². The van der Waals surface area contributed by atoms with Crippen molar-refractivity contribution >= 4 is 31.9 Å². The molecule has 1 aromatic rings. The van der Waals surface area contributed by atoms with E-state index in [1.165, 1.54) is 5.56 Å². The zero-order valence-corrected chi connectivity index (χ0v) is 11.1. The first-order valence-electron chi connectivity index (χ1n) is 4.72. The second-order valence-corrected chi connectivity index (χ2v) is 5.93. The maximum atomic E-state index is 5.86. The van der Waals surface area contributed by atoms with Crippen molar-refractivity contribution in [2.24, 2.45) is 0 Å². The van der Waals surface area contributed by atoms with Crippen LogP contribution in [-0.2, 0) is 0 Å². The fraction of sp³-hybridized carbons (Fsp3) is 0.455. The number of rotatable bonds is 2. The van der Waals surface area contributed by atoms with E-state index in [-0.39, 0.29) is 0 Å². The summed E-state index contributed by atoms with van der Waals surface area (Å²) in [5, 5.41) is 0. The van der Waals surface area contributed by atoms with Crippen LogP contribution >= 0.6 is 31.9 Å². The number of halogens is 2. The lowest BCUT2D eigenvalue weighted by Crippen LogP contribution is -2.34. The minimum Gasteiger partial charge on any atom is -0.490 e. The van der Waals surface area contributed by atoms with Gasteiger partial charge < -0.3 is 4.74 Å². The highest BCUT2D eigenvalue weighted by Gasteiger charge is 2.28. The molecule has 0 unspecified atom stereocenters. The number of hydrogen-bond acceptors (Lipinski definition) is 1. The van der Waals surface area contributed by atoms with Gasteiger partial charge in [0.25, 0.3) is 0 Å². The van der Waals surface area contributed by atoms with Crippen LogP contribution < -0.4 is 4.74 Å². The Bertz CT molecular complexity index is 332. The second-order valence-electron chi connectivity index (χ2n) is 3.72. The van der Waals surface area contributed by atoms with E-state index >= 15 is 0 Å². The van der Waals surface area contributed by atoms with Gasteiger partial charge in [-0.2, -0.15) is 0 Å². The highest BCUT2D eigenvalue weighted by atomic mass is 79.9. The Morgan fingerprint density at radius 3 is 2.64 bits per heavy atom. The Morgan fingerprint density at radius 1 is 1.36 bits per heavy atom. The molecule has 14 heavy (non-hydrogen) atoms. The van der Waals surface area contributed by atoms with Gasteiger partial charge in [-0.15, -0.1) is 0 Å². The number of hydrogen-bond donors (Lipinski definition) is 0. The third-order valence-electron chi connectivity index (χ3n) is 2.47. The summed E-state index contributed by atoms with van der Waals surface area (Å²) in [5.41, 5.74) is 1.19. The molecule has 0 heterocycles. The second kappa shape index (κ2) is 4.23. The van der Waals surface area contributed by atoms with Crippen molar-refractivity contribution in [3.63, 3.8) is 0 Å². The van der Waals surface area contributed by atoms with Gasteiger partial charge in [-0.3, -0.25) is 0 Å². The molecule has 0 N–H and O–H groups in total. The zero-order valence-electron chi connectivity index (χ0n) is 7.97. The summed E-state index contributed by atoms with van der Waals surface area (Å²) in [7, 11) is 0. The number of alkyl halides is 1. The van der Waals surface area contributed by atoms with Gasteiger partial charge in [0.05, 0.1) is 0 Å². The van der Waals surface area contributed by atoms with Crippen LogP contribution in [0, 0.1) is 6.92 Å². The van der Waals surface area contributed by atoms with E-state index in [0.29, 0.717) is 10.9 Å². The van der Waals surface area contributed by atoms with Crippen LogP contribution in [0.4, 0.5) is 0 Å². The fourth-order valence-electron chi connectivity index (χ4n) is 1.52. The topological polar surface area (TPSA) is 9.23 Å². The molecule has 0 atom stereocenters. The van der Waals surface area contributed by atoms with Crippen molar-refractivity contribution in [2.75, 3.05) is 0 Å². The van der Waals surface area contributed by atoms with Crippen molar-refractivity contribution in [3.8, 4) is 5.75 Å². The lowest BCUT2D eigenvalue weighted by molar-refractivity contribution is 0.127. The predicted octanol–water partition coefficient (Wildman–Crippen LogP) is 4.06. The zero-order chi connectivity index (χ0) is 10.1. The molecule has 76 valence electrons. The van der Waals surface area contributed by atoms with Gasteiger partial charge in [0, 0.05) is 9.30 Å². The minimum absolute atomic E-state index is 0.402. The smallest absolute Gasteiger partial charge is 0.122 e. The van der Waals surface area contributed by atoms with Crippen molar-refractivity contribution in [2.45, 2.75) is 30.7 Å². The molecule has 0 amide bonds. The molecule has 0 aromatic heterocycles. The Balaban J connectivity index is 2.02. The van der Waals surface area contributed by atoms with E-state index in [0.717, 1.165) is 23.1 Å². The lowest BCUT2D eigenvalue weighted by Gasteiger charge is -2.32. The molecular formula is C11H12Br2O. The summed E-state index contributed by atoms with van der Waals surface area (Å²) in [6.07, 6.45) is 2.64. The molecule has 0 radical (unpaired) electrons. The Labute approximate surface area is 101 Å². The maximum Gasteiger partial charge on any atom is 0.122 e. The van der Waals surface area contributed by atoms with Crippen LogP contribution in [0.15, 0.2) is 22.7 Å². The highest BCUT2D eigenvalue weighted by Crippen LogP contribution is 2.32. The molecule has 0 spiro atoms. The average Bonchev–Trinajstić information content (AvgIpc) is 2.06. The molecule has 1 aliphatic rings. The molecule has 2 rings (SSSR count). The molecule has 1 nitrogen and oxygen atoms in total. The van der Waals surface area contributed by atoms with Crippen molar-refractivity contribution in [3.05, 3.63) is 28.2 Å². The molecule has 1 fully saturated rings. The Hall–Kier alpha value is -0.0200. The number of aryl methyl sites for hydroxylation is 1. The molecule has 1 saturated carbocycles. The lowest BCUT2D eigenvalue weighted by atomic mass is 9.96. The summed E-state index contributed by atoms with van der Waals surface area (Å²) in [5.74, 6) is 1.01. The Morgan fingerprint density at radius 2 is 2.07 bits per heavy atom. The summed E-state index contributed by atoms with van der Waals surface area (Å²) < 4.78 is 6.96. The first-order chi connectivity index (χ1) is 6.65. The average molecular weight is 320 g/mol. The molecule has 0 saturated heterocycles. The third kappa shape index (κ3) is 2.31. The van der Waals surface area contributed by atoms with E-state index in [9.17, 15) is 0 Å². The molecule has 3 heteroatoms. The monoisotopic (exact) mass is 318 g/mol. The van der Waals surface area contributed by atoms with Crippen LogP contribution in [0.1, 0.15) is 18.4 Å². The van der Waals surface area contributed by atoms with Crippen molar-refractivity contribution in [1.29, 1.82) is 0 Å². The fourth-order valence-corrected chi connectivity index (χ4v) is 2.83. The summed E-state index contributed by atoms with van der Waals surface area (Å²) in [6.45, 7) is 2.07. The highest BCUT2D eigenvalue weighted by molar-refractivity contribution is 9.10. The van der Waals surface area contributed by atoms with Gasteiger partial charge in [0.1, 0.15) is 11.9 Å². The predicted molar refractivity (Wildman–Crippen MR) is 65.2 cm³/mol. The van der Waals surface area contributed by atoms with Crippen LogP contribution in [0.5, 0.6) is 5.75 Å². The van der Waals surface area contributed by atoms with Crippen molar-refractivity contribution < 1.29 is 4.74 Å². The molecule has 0 bridgehead atoms. The largest absolute Gasteiger partial charge is 0.490 e. The molecule has 1 aromatic carbocycles. The molecule has 0 aliphatic heterocycles. The normalized spacial score (nSPS) is 25.6. The Kier molecular flexibility index (Phi) is 3.17. The van der Waals surface area contributed by atoms with E-state index in [4.69, 9.17) is 4.74 Å². The van der Waals surface area contributed by atoms with Crippen molar-refractivity contribution in [1.82, 2.24) is 0 Å². The van der Waals surface area contributed by atoms with E-state index < -0.39 is 0 Å². The van der Waals surface area contributed by atoms with Gasteiger partial charge in [0.15, 0.2) is 0 Å². The molecule has 1 aliphatic carbocycles. The SMILES string of the molecule is Cc1cc(Br)ccc1OC1CC(Br)C1. The quantitative estimate of drug-likeness (QED) is 0.747. The third-order valence-corrected chi connectivity index (χ3v) is 3.71. The maximum absolute atomic E-state index is 5.86. The first kappa shape index (κ1) is 10.5. The standard InChI is InChI=1S/C11H12Br2O/c1-7-4-8(12)2-3-11(7)14-10-5-9(13)6-10/h2-4,9-10H,5-6H2,1H3. The summed E-state index contributed by atoms with van der Waals surface area (Å²) in [6, 6.07) is 6.13. The van der Waals surface area contributed by atoms with E-state index in [1.807, 2.05) is 12.1 Å². The van der Waals surface area contributed by atoms with Gasteiger partial charge in [-0.1, -0.05) is 31.9 Å². The number of ether oxygens (including phenoxy) is 1. The summed E-state index contributed by atoms with van der Waals surface area (Å²) >= 11 is 7.00. The van der Waals surface area contributed by atoms with E-state index in [2.05, 4.69) is 44.8 Å².